The molecule has 0 aliphatic carbocycles. The minimum absolute atomic E-state index is 0.0320. The van der Waals surface area contributed by atoms with Crippen molar-refractivity contribution in [2.75, 3.05) is 32.8 Å². The molecule has 1 saturated heterocycles. The summed E-state index contributed by atoms with van der Waals surface area (Å²) in [5.41, 5.74) is 0.697. The summed E-state index contributed by atoms with van der Waals surface area (Å²) in [6, 6.07) is 10.5. The summed E-state index contributed by atoms with van der Waals surface area (Å²) < 4.78 is 59.2. The van der Waals surface area contributed by atoms with E-state index in [1.807, 2.05) is 0 Å². The number of nitrogens with zero attached hydrogens (tertiary/aromatic N) is 2. The largest absolute Gasteiger partial charge is 0.492 e. The Hall–Kier alpha value is -2.18. The smallest absolute Gasteiger partial charge is 0.243 e. The Morgan fingerprint density at radius 2 is 1.66 bits per heavy atom. The molecule has 12 heteroatoms. The van der Waals surface area contributed by atoms with Crippen molar-refractivity contribution in [3.8, 4) is 5.75 Å². The van der Waals surface area contributed by atoms with E-state index in [9.17, 15) is 21.6 Å². The number of carbonyl (C=O) groups is 1. The van der Waals surface area contributed by atoms with Gasteiger partial charge in [0.2, 0.25) is 26.0 Å². The molecule has 1 aliphatic heterocycles. The van der Waals surface area contributed by atoms with Gasteiger partial charge >= 0.3 is 0 Å². The Morgan fingerprint density at radius 3 is 2.23 bits per heavy atom. The van der Waals surface area contributed by atoms with Crippen LogP contribution in [0, 0.1) is 0 Å². The van der Waals surface area contributed by atoms with Crippen LogP contribution in [0.25, 0.3) is 0 Å². The van der Waals surface area contributed by atoms with Gasteiger partial charge < -0.3 is 10.1 Å². The van der Waals surface area contributed by atoms with Gasteiger partial charge in [-0.1, -0.05) is 30.7 Å². The highest BCUT2D eigenvalue weighted by atomic mass is 35.5. The molecular weight excluding hydrogens is 514 g/mol. The molecule has 0 aromatic heterocycles. The molecule has 1 aliphatic rings. The lowest BCUT2D eigenvalue weighted by Gasteiger charge is -2.20. The summed E-state index contributed by atoms with van der Waals surface area (Å²) >= 11 is 6.13. The molecule has 0 radical (unpaired) electrons. The number of amides is 1. The Labute approximate surface area is 212 Å². The molecule has 0 bridgehead atoms. The molecule has 3 rings (SSSR count). The topological polar surface area (TPSA) is 113 Å². The first-order chi connectivity index (χ1) is 16.6. The molecule has 0 saturated carbocycles. The van der Waals surface area contributed by atoms with Crippen molar-refractivity contribution >= 4 is 37.6 Å². The van der Waals surface area contributed by atoms with Gasteiger partial charge in [0.25, 0.3) is 0 Å². The zero-order chi connectivity index (χ0) is 25.6. The summed E-state index contributed by atoms with van der Waals surface area (Å²) in [6.45, 7) is 4.73. The highest BCUT2D eigenvalue weighted by Crippen LogP contribution is 2.28. The maximum Gasteiger partial charge on any atom is 0.243 e. The second-order valence-electron chi connectivity index (χ2n) is 7.99. The van der Waals surface area contributed by atoms with E-state index in [1.54, 1.807) is 26.0 Å². The lowest BCUT2D eigenvalue weighted by Crippen LogP contribution is -2.40. The number of sulfonamides is 2. The number of carbonyl (C=O) groups excluding carboxylic acids is 1. The number of likely N-dealkylation sites (N-methyl/N-ethyl adjacent to an activating group) is 1. The van der Waals surface area contributed by atoms with Gasteiger partial charge in [-0.15, -0.1) is 0 Å². The third-order valence-corrected chi connectivity index (χ3v) is 9.75. The van der Waals surface area contributed by atoms with Crippen molar-refractivity contribution in [1.82, 2.24) is 13.9 Å². The highest BCUT2D eigenvalue weighted by molar-refractivity contribution is 7.89. The number of ether oxygens (including phenoxy) is 1. The van der Waals surface area contributed by atoms with Crippen molar-refractivity contribution in [3.63, 3.8) is 0 Å². The highest BCUT2D eigenvalue weighted by Gasteiger charge is 2.28. The minimum atomic E-state index is -3.95. The standard InChI is InChI=1S/C23H30ClN3O6S2/c1-3-26(35(31,32)20-11-12-22(33-4-2)21(24)15-20)17-23(28)25-16-18-7-9-19(10-8-18)34(29,30)27-13-5-6-14-27/h7-12,15H,3-6,13-14,16-17H2,1-2H3,(H,25,28). The summed E-state index contributed by atoms with van der Waals surface area (Å²) in [5, 5.41) is 2.86. The van der Waals surface area contributed by atoms with Crippen LogP contribution in [0.5, 0.6) is 5.75 Å². The van der Waals surface area contributed by atoms with Gasteiger partial charge in [-0.2, -0.15) is 8.61 Å². The summed E-state index contributed by atoms with van der Waals surface area (Å²) in [5.74, 6) is -0.102. The number of rotatable bonds is 11. The van der Waals surface area contributed by atoms with Crippen LogP contribution < -0.4 is 10.1 Å². The second kappa shape index (κ2) is 11.7. The number of hydrogen-bond donors (Lipinski definition) is 1. The Bertz CT molecular complexity index is 1240. The lowest BCUT2D eigenvalue weighted by molar-refractivity contribution is -0.121. The first-order valence-corrected chi connectivity index (χ1v) is 14.6. The van der Waals surface area contributed by atoms with Crippen molar-refractivity contribution in [3.05, 3.63) is 53.1 Å². The fourth-order valence-electron chi connectivity index (χ4n) is 3.70. The van der Waals surface area contributed by atoms with Gasteiger partial charge in [0, 0.05) is 26.2 Å². The Morgan fingerprint density at radius 1 is 1.03 bits per heavy atom. The van der Waals surface area contributed by atoms with E-state index in [4.69, 9.17) is 16.3 Å². The van der Waals surface area contributed by atoms with Gasteiger partial charge in [-0.3, -0.25) is 4.79 Å². The molecule has 0 spiro atoms. The van der Waals surface area contributed by atoms with E-state index in [2.05, 4.69) is 5.32 Å². The van der Waals surface area contributed by atoms with Crippen LogP contribution in [0.2, 0.25) is 5.02 Å². The number of hydrogen-bond acceptors (Lipinski definition) is 6. The Balaban J connectivity index is 1.61. The third kappa shape index (κ3) is 6.53. The molecule has 2 aromatic rings. The van der Waals surface area contributed by atoms with Gasteiger partial charge in [-0.25, -0.2) is 16.8 Å². The molecule has 35 heavy (non-hydrogen) atoms. The van der Waals surface area contributed by atoms with E-state index in [1.165, 1.54) is 34.6 Å². The van der Waals surface area contributed by atoms with E-state index >= 15 is 0 Å². The fraction of sp³-hybridized carbons (Fsp3) is 0.435. The van der Waals surface area contributed by atoms with Gasteiger partial charge in [-0.05, 0) is 55.7 Å². The molecule has 192 valence electrons. The maximum atomic E-state index is 13.0. The Kier molecular flexibility index (Phi) is 9.16. The lowest BCUT2D eigenvalue weighted by atomic mass is 10.2. The van der Waals surface area contributed by atoms with Crippen molar-refractivity contribution in [2.24, 2.45) is 0 Å². The van der Waals surface area contributed by atoms with Crippen molar-refractivity contribution in [2.45, 2.75) is 43.0 Å². The number of halogens is 1. The fourth-order valence-corrected chi connectivity index (χ4v) is 6.95. The van der Waals surface area contributed by atoms with Gasteiger partial charge in [0.15, 0.2) is 0 Å². The summed E-state index contributed by atoms with van der Waals surface area (Å²) in [6.07, 6.45) is 1.72. The predicted molar refractivity (Wildman–Crippen MR) is 133 cm³/mol. The maximum absolute atomic E-state index is 13.0. The minimum Gasteiger partial charge on any atom is -0.492 e. The molecular formula is C23H30ClN3O6S2. The number of nitrogens with one attached hydrogen (secondary N) is 1. The molecule has 1 fully saturated rings. The summed E-state index contributed by atoms with van der Waals surface area (Å²) in [4.78, 5) is 12.7. The number of benzene rings is 2. The van der Waals surface area contributed by atoms with Crippen LogP contribution in [-0.4, -0.2) is 64.1 Å². The van der Waals surface area contributed by atoms with E-state index in [0.29, 0.717) is 31.0 Å². The van der Waals surface area contributed by atoms with Gasteiger partial charge in [0.05, 0.1) is 28.0 Å². The molecule has 1 heterocycles. The van der Waals surface area contributed by atoms with Crippen LogP contribution in [-0.2, 0) is 31.4 Å². The first-order valence-electron chi connectivity index (χ1n) is 11.4. The molecule has 0 unspecified atom stereocenters. The normalized spacial score (nSPS) is 14.9. The van der Waals surface area contributed by atoms with E-state index < -0.39 is 26.0 Å². The molecule has 1 amide bonds. The van der Waals surface area contributed by atoms with Crippen LogP contribution in [0.15, 0.2) is 52.3 Å². The molecule has 9 nitrogen and oxygen atoms in total. The SMILES string of the molecule is CCOc1ccc(S(=O)(=O)N(CC)CC(=O)NCc2ccc(S(=O)(=O)N3CCCC3)cc2)cc1Cl. The monoisotopic (exact) mass is 543 g/mol. The van der Waals surface area contributed by atoms with Crippen molar-refractivity contribution < 1.29 is 26.4 Å². The average molecular weight is 544 g/mol. The zero-order valence-corrected chi connectivity index (χ0v) is 22.1. The van der Waals surface area contributed by atoms with Crippen LogP contribution in [0.1, 0.15) is 32.3 Å². The second-order valence-corrected chi connectivity index (χ2v) is 12.3. The summed E-state index contributed by atoms with van der Waals surface area (Å²) in [7, 11) is -7.46. The van der Waals surface area contributed by atoms with Crippen LogP contribution in [0.3, 0.4) is 0 Å². The van der Waals surface area contributed by atoms with E-state index in [-0.39, 0.29) is 34.4 Å². The van der Waals surface area contributed by atoms with Crippen LogP contribution in [0.4, 0.5) is 0 Å². The van der Waals surface area contributed by atoms with E-state index in [0.717, 1.165) is 17.1 Å². The molecule has 1 N–H and O–H groups in total. The predicted octanol–water partition coefficient (Wildman–Crippen LogP) is 2.85. The molecule has 2 aromatic carbocycles. The zero-order valence-electron chi connectivity index (χ0n) is 19.7. The first kappa shape index (κ1) is 27.4. The van der Waals surface area contributed by atoms with Gasteiger partial charge in [0.1, 0.15) is 5.75 Å². The quantitative estimate of drug-likeness (QED) is 0.466. The average Bonchev–Trinajstić information content (AvgIpc) is 3.39. The molecule has 0 atom stereocenters. The van der Waals surface area contributed by atoms with Crippen molar-refractivity contribution in [1.29, 1.82) is 0 Å². The van der Waals surface area contributed by atoms with Crippen LogP contribution >= 0.6 is 11.6 Å². The third-order valence-electron chi connectivity index (χ3n) is 5.63.